The molecule has 1 fully saturated rings. The maximum atomic E-state index is 13.1. The number of nitrogens with one attached hydrogen (secondary N) is 3. The monoisotopic (exact) mass is 605 g/mol. The van der Waals surface area contributed by atoms with Crippen LogP contribution in [0.3, 0.4) is 0 Å². The average molecular weight is 606 g/mol. The molecule has 2 amide bonds. The molecule has 18 heteroatoms. The quantitative estimate of drug-likeness (QED) is 0.0517. The molecule has 41 heavy (non-hydrogen) atoms. The molecule has 4 heterocycles. The predicted octanol–water partition coefficient (Wildman–Crippen LogP) is -2.66. The summed E-state index contributed by atoms with van der Waals surface area (Å²) in [5, 5.41) is 32.8. The Hall–Kier alpha value is -4.29. The number of β-lactam (4-membered cyclic amide) rings is 1. The molecule has 0 aliphatic carbocycles. The van der Waals surface area contributed by atoms with E-state index in [1.807, 2.05) is 19.2 Å². The summed E-state index contributed by atoms with van der Waals surface area (Å²) in [6.45, 7) is 2.95. The zero-order chi connectivity index (χ0) is 29.7. The Morgan fingerprint density at radius 2 is 2.07 bits per heavy atom. The fraction of sp³-hybridized carbons (Fsp3) is 0.391. The number of rotatable bonds is 13. The molecular weight excluding hydrogens is 578 g/mol. The number of amides is 2. The van der Waals surface area contributed by atoms with Crippen molar-refractivity contribution in [3.05, 3.63) is 41.6 Å². The number of thioether (sulfide) groups is 1. The number of carbonyl (C=O) groups is 4. The minimum absolute atomic E-state index is 0.0225. The highest BCUT2D eigenvalue weighted by molar-refractivity contribution is 8.00. The number of aliphatic carboxylic acids is 2. The van der Waals surface area contributed by atoms with Gasteiger partial charge in [0.2, 0.25) is 17.6 Å². The SMILES string of the molecule is CNCCNc1cc[n+](CC2=C(C(=O)[O-])N3C(=O)C(NC(=O)/C(=N\O[C@@H](C)C(=O)O)c4nsc(N)n4)C3SC2)cc1. The number of fused-ring (bicyclic) bond motifs is 1. The number of likely N-dealkylation sites (N-methyl/N-ethyl adjacent to an activating group) is 1. The highest BCUT2D eigenvalue weighted by Crippen LogP contribution is 2.40. The highest BCUT2D eigenvalue weighted by Gasteiger charge is 2.53. The van der Waals surface area contributed by atoms with E-state index >= 15 is 0 Å². The lowest BCUT2D eigenvalue weighted by Gasteiger charge is -2.50. The van der Waals surface area contributed by atoms with Crippen molar-refractivity contribution in [3.8, 4) is 0 Å². The maximum Gasteiger partial charge on any atom is 0.347 e. The summed E-state index contributed by atoms with van der Waals surface area (Å²) in [4.78, 5) is 59.2. The molecule has 16 nitrogen and oxygen atoms in total. The van der Waals surface area contributed by atoms with Crippen LogP contribution in [0.5, 0.6) is 0 Å². The van der Waals surface area contributed by atoms with E-state index in [1.165, 1.54) is 18.7 Å². The van der Waals surface area contributed by atoms with Crippen LogP contribution in [-0.4, -0.2) is 92.2 Å². The Labute approximate surface area is 241 Å². The van der Waals surface area contributed by atoms with Gasteiger partial charge in [-0.1, -0.05) is 5.16 Å². The summed E-state index contributed by atoms with van der Waals surface area (Å²) >= 11 is 2.05. The normalized spacial score (nSPS) is 19.2. The number of anilines is 2. The van der Waals surface area contributed by atoms with Crippen LogP contribution in [-0.2, 0) is 30.6 Å². The van der Waals surface area contributed by atoms with E-state index < -0.39 is 47.0 Å². The van der Waals surface area contributed by atoms with Crippen LogP contribution < -0.4 is 31.4 Å². The highest BCUT2D eigenvalue weighted by atomic mass is 32.2. The van der Waals surface area contributed by atoms with Gasteiger partial charge in [-0.15, -0.1) is 11.8 Å². The van der Waals surface area contributed by atoms with E-state index in [1.54, 1.807) is 17.0 Å². The molecule has 218 valence electrons. The molecule has 0 saturated carbocycles. The molecule has 2 aliphatic rings. The van der Waals surface area contributed by atoms with E-state index in [0.717, 1.165) is 35.2 Å². The van der Waals surface area contributed by atoms with Gasteiger partial charge in [0.15, 0.2) is 24.1 Å². The van der Waals surface area contributed by atoms with Crippen LogP contribution >= 0.6 is 23.3 Å². The third-order valence-corrected chi connectivity index (χ3v) is 7.90. The van der Waals surface area contributed by atoms with Crippen molar-refractivity contribution < 1.29 is 38.8 Å². The number of carboxylic acids is 2. The second kappa shape index (κ2) is 12.9. The average Bonchev–Trinajstić information content (AvgIpc) is 3.37. The van der Waals surface area contributed by atoms with Crippen LogP contribution in [0.1, 0.15) is 12.7 Å². The van der Waals surface area contributed by atoms with Crippen molar-refractivity contribution in [2.24, 2.45) is 5.16 Å². The third kappa shape index (κ3) is 6.72. The van der Waals surface area contributed by atoms with Crippen LogP contribution in [0, 0.1) is 0 Å². The van der Waals surface area contributed by atoms with Crippen molar-refractivity contribution in [1.82, 2.24) is 24.9 Å². The Bertz CT molecular complexity index is 1400. The lowest BCUT2D eigenvalue weighted by molar-refractivity contribution is -0.689. The minimum atomic E-state index is -1.50. The number of nitrogen functional groups attached to an aromatic ring is 1. The Morgan fingerprint density at radius 1 is 1.34 bits per heavy atom. The number of carbonyl (C=O) groups excluding carboxylic acids is 3. The van der Waals surface area contributed by atoms with Gasteiger partial charge >= 0.3 is 5.97 Å². The summed E-state index contributed by atoms with van der Waals surface area (Å²) in [5.41, 5.74) is 6.25. The fourth-order valence-electron chi connectivity index (χ4n) is 3.93. The smallest absolute Gasteiger partial charge is 0.347 e. The molecular formula is C23H27N9O7S2. The third-order valence-electron chi connectivity index (χ3n) is 6.01. The van der Waals surface area contributed by atoms with Gasteiger partial charge in [0.1, 0.15) is 11.4 Å². The molecule has 2 aromatic heterocycles. The summed E-state index contributed by atoms with van der Waals surface area (Å²) in [6.07, 6.45) is 2.21. The number of oxime groups is 1. The molecule has 2 aromatic rings. The molecule has 2 aliphatic heterocycles. The van der Waals surface area contributed by atoms with Crippen LogP contribution in [0.4, 0.5) is 10.8 Å². The second-order valence-electron chi connectivity index (χ2n) is 8.87. The lowest BCUT2D eigenvalue weighted by atomic mass is 10.0. The van der Waals surface area contributed by atoms with E-state index in [9.17, 15) is 24.3 Å². The molecule has 3 atom stereocenters. The van der Waals surface area contributed by atoms with E-state index in [4.69, 9.17) is 15.7 Å². The van der Waals surface area contributed by atoms with Gasteiger partial charge in [-0.3, -0.25) is 14.5 Å². The summed E-state index contributed by atoms with van der Waals surface area (Å²) < 4.78 is 5.70. The number of nitrogens with two attached hydrogens (primary N) is 1. The van der Waals surface area contributed by atoms with Crippen molar-refractivity contribution in [2.75, 3.05) is 36.9 Å². The van der Waals surface area contributed by atoms with Gasteiger partial charge in [0.05, 0.1) is 11.7 Å². The van der Waals surface area contributed by atoms with Gasteiger partial charge < -0.3 is 41.5 Å². The van der Waals surface area contributed by atoms with Gasteiger partial charge in [-0.05, 0) is 14.0 Å². The standard InChI is InChI=1S/C23H27N9O7S2/c1-11(21(35)36)39-29-14(17-28-23(24)41-30-17)18(33)27-15-19(34)32-16(22(37)38)12(10-40-20(15)32)9-31-7-3-13(4-8-31)26-6-5-25-2/h3-4,7-8,11,15,20,25H,5-6,9-10H2,1-2H3,(H5,24,27,28,30,33,35,36,37,38)/b29-14-/t11-,15?,20?/m0/s1. The number of hydrogen-bond acceptors (Lipinski definition) is 14. The Balaban J connectivity index is 1.48. The molecule has 1 saturated heterocycles. The van der Waals surface area contributed by atoms with E-state index in [-0.39, 0.29) is 29.0 Å². The summed E-state index contributed by atoms with van der Waals surface area (Å²) in [5.74, 6) is -4.37. The van der Waals surface area contributed by atoms with Crippen LogP contribution in [0.15, 0.2) is 41.0 Å². The first-order valence-corrected chi connectivity index (χ1v) is 14.1. The number of nitrogens with zero attached hydrogens (tertiary/aromatic N) is 5. The molecule has 0 radical (unpaired) electrons. The fourth-order valence-corrected chi connectivity index (χ4v) is 5.70. The van der Waals surface area contributed by atoms with E-state index in [2.05, 4.69) is 30.5 Å². The zero-order valence-corrected chi connectivity index (χ0v) is 23.5. The van der Waals surface area contributed by atoms with Crippen molar-refractivity contribution in [1.29, 1.82) is 0 Å². The molecule has 6 N–H and O–H groups in total. The Morgan fingerprint density at radius 3 is 2.68 bits per heavy atom. The van der Waals surface area contributed by atoms with Crippen LogP contribution in [0.25, 0.3) is 0 Å². The molecule has 0 bridgehead atoms. The Kier molecular flexibility index (Phi) is 9.35. The predicted molar refractivity (Wildman–Crippen MR) is 145 cm³/mol. The first kappa shape index (κ1) is 29.7. The molecule has 0 aromatic carbocycles. The molecule has 0 spiro atoms. The van der Waals surface area contributed by atoms with Gasteiger partial charge in [0, 0.05) is 53.8 Å². The minimum Gasteiger partial charge on any atom is -0.543 e. The van der Waals surface area contributed by atoms with E-state index in [0.29, 0.717) is 5.57 Å². The van der Waals surface area contributed by atoms with Gasteiger partial charge in [0.25, 0.3) is 11.8 Å². The topological polar surface area (TPSA) is 228 Å². The van der Waals surface area contributed by atoms with Crippen molar-refractivity contribution >= 4 is 63.6 Å². The van der Waals surface area contributed by atoms with Crippen LogP contribution in [0.2, 0.25) is 0 Å². The van der Waals surface area contributed by atoms with Crippen molar-refractivity contribution in [2.45, 2.75) is 31.0 Å². The maximum absolute atomic E-state index is 13.1. The van der Waals surface area contributed by atoms with Gasteiger partial charge in [-0.2, -0.15) is 9.36 Å². The van der Waals surface area contributed by atoms with Gasteiger partial charge in [-0.25, -0.2) is 9.36 Å². The largest absolute Gasteiger partial charge is 0.543 e. The lowest BCUT2D eigenvalue weighted by Crippen LogP contribution is -2.71. The summed E-state index contributed by atoms with van der Waals surface area (Å²) in [7, 11) is 1.86. The number of carboxylic acid groups (broad SMARTS) is 2. The number of pyridine rings is 1. The molecule has 2 unspecified atom stereocenters. The number of aromatic nitrogens is 3. The second-order valence-corrected chi connectivity index (χ2v) is 10.8. The zero-order valence-electron chi connectivity index (χ0n) is 21.9. The first-order chi connectivity index (χ1) is 19.6. The number of hydrogen-bond donors (Lipinski definition) is 5. The first-order valence-electron chi connectivity index (χ1n) is 12.2. The van der Waals surface area contributed by atoms with Crippen molar-refractivity contribution in [3.63, 3.8) is 0 Å². The molecule has 4 rings (SSSR count). The summed E-state index contributed by atoms with van der Waals surface area (Å²) in [6, 6.07) is 2.62.